The maximum Gasteiger partial charge on any atom is 0.328 e. The third-order valence-corrected chi connectivity index (χ3v) is 2.78. The van der Waals surface area contributed by atoms with Crippen LogP contribution in [0.3, 0.4) is 0 Å². The smallest absolute Gasteiger partial charge is 0.295 e. The van der Waals surface area contributed by atoms with Gasteiger partial charge in [0.15, 0.2) is 0 Å². The molecule has 17 heavy (non-hydrogen) atoms. The largest absolute Gasteiger partial charge is 0.328 e. The van der Waals surface area contributed by atoms with Crippen LogP contribution in [-0.4, -0.2) is 15.0 Å². The number of hydrogen-bond donors (Lipinski definition) is 2. The van der Waals surface area contributed by atoms with Crippen molar-refractivity contribution in [3.05, 3.63) is 34.7 Å². The number of fused-ring (bicyclic) bond motifs is 1. The zero-order valence-corrected chi connectivity index (χ0v) is 9.51. The minimum atomic E-state index is -0.287. The number of hydrazine groups is 1. The Hall–Kier alpha value is -2.08. The molecule has 0 aliphatic rings. The van der Waals surface area contributed by atoms with E-state index in [1.807, 2.05) is 29.7 Å². The topological polar surface area (TPSA) is 82.0 Å². The van der Waals surface area contributed by atoms with Gasteiger partial charge in [-0.1, -0.05) is 12.1 Å². The normalized spacial score (nSPS) is 10.7. The number of aryl methyl sites for hydroxylation is 2. The lowest BCUT2D eigenvalue weighted by atomic mass is 10.3. The quantitative estimate of drug-likeness (QED) is 0.435. The Labute approximate surface area is 97.6 Å². The summed E-state index contributed by atoms with van der Waals surface area (Å²) in [6, 6.07) is 7.47. The molecule has 0 fully saturated rings. The van der Waals surface area contributed by atoms with Crippen molar-refractivity contribution >= 4 is 16.9 Å². The van der Waals surface area contributed by atoms with E-state index >= 15 is 0 Å². The first-order valence-electron chi connectivity index (χ1n) is 5.29. The predicted octanol–water partition coefficient (Wildman–Crippen LogP) is -0.280. The zero-order chi connectivity index (χ0) is 12.4. The average molecular weight is 234 g/mol. The van der Waals surface area contributed by atoms with Gasteiger partial charge in [0.1, 0.15) is 0 Å². The van der Waals surface area contributed by atoms with Gasteiger partial charge in [0, 0.05) is 20.0 Å². The minimum Gasteiger partial charge on any atom is -0.295 e. The zero-order valence-electron chi connectivity index (χ0n) is 9.51. The molecule has 0 spiro atoms. The number of carbonyl (C=O) groups is 1. The van der Waals surface area contributed by atoms with E-state index in [2.05, 4.69) is 0 Å². The summed E-state index contributed by atoms with van der Waals surface area (Å²) in [6.07, 6.45) is 0.185. The van der Waals surface area contributed by atoms with Gasteiger partial charge in [-0.05, 0) is 12.1 Å². The standard InChI is InChI=1S/C11H14N4O2/c1-14-8-4-2-3-5-9(8)15(11(14)17)7-6-10(16)13-12/h2-5H,6-7,12H2,1H3,(H,13,16). The Morgan fingerprint density at radius 2 is 2.00 bits per heavy atom. The van der Waals surface area contributed by atoms with Gasteiger partial charge in [-0.3, -0.25) is 19.4 Å². The monoisotopic (exact) mass is 234 g/mol. The van der Waals surface area contributed by atoms with Gasteiger partial charge in [0.2, 0.25) is 5.91 Å². The fraction of sp³-hybridized carbons (Fsp3) is 0.273. The van der Waals surface area contributed by atoms with Crippen molar-refractivity contribution in [2.45, 2.75) is 13.0 Å². The Kier molecular flexibility index (Phi) is 2.97. The van der Waals surface area contributed by atoms with Crippen LogP contribution >= 0.6 is 0 Å². The highest BCUT2D eigenvalue weighted by molar-refractivity contribution is 5.77. The molecule has 2 aromatic rings. The van der Waals surface area contributed by atoms with Gasteiger partial charge in [-0.15, -0.1) is 0 Å². The summed E-state index contributed by atoms with van der Waals surface area (Å²) in [6.45, 7) is 0.323. The molecular weight excluding hydrogens is 220 g/mol. The molecule has 0 aliphatic heterocycles. The van der Waals surface area contributed by atoms with Crippen LogP contribution in [0.4, 0.5) is 0 Å². The van der Waals surface area contributed by atoms with Crippen LogP contribution in [0.5, 0.6) is 0 Å². The first-order chi connectivity index (χ1) is 8.15. The Bertz CT molecular complexity index is 611. The fourth-order valence-electron chi connectivity index (χ4n) is 1.86. The number of imidazole rings is 1. The van der Waals surface area contributed by atoms with Gasteiger partial charge in [-0.2, -0.15) is 0 Å². The van der Waals surface area contributed by atoms with E-state index in [0.29, 0.717) is 6.54 Å². The van der Waals surface area contributed by atoms with Crippen molar-refractivity contribution in [3.8, 4) is 0 Å². The first-order valence-corrected chi connectivity index (χ1v) is 5.29. The van der Waals surface area contributed by atoms with Crippen LogP contribution in [0.25, 0.3) is 11.0 Å². The van der Waals surface area contributed by atoms with Crippen molar-refractivity contribution < 1.29 is 4.79 Å². The van der Waals surface area contributed by atoms with Crippen molar-refractivity contribution in [1.29, 1.82) is 0 Å². The summed E-state index contributed by atoms with van der Waals surface area (Å²) in [5, 5.41) is 0. The number of carbonyl (C=O) groups excluding carboxylic acids is 1. The molecule has 1 amide bonds. The number of aromatic nitrogens is 2. The molecule has 3 N–H and O–H groups in total. The van der Waals surface area contributed by atoms with Crippen molar-refractivity contribution in [3.63, 3.8) is 0 Å². The second-order valence-corrected chi connectivity index (χ2v) is 3.80. The van der Waals surface area contributed by atoms with Gasteiger partial charge in [-0.25, -0.2) is 10.6 Å². The molecular formula is C11H14N4O2. The first kappa shape index (κ1) is 11.4. The van der Waals surface area contributed by atoms with Gasteiger partial charge in [0.05, 0.1) is 11.0 Å². The van der Waals surface area contributed by atoms with Gasteiger partial charge < -0.3 is 0 Å². The molecule has 0 bridgehead atoms. The summed E-state index contributed by atoms with van der Waals surface area (Å²) >= 11 is 0. The van der Waals surface area contributed by atoms with Crippen molar-refractivity contribution in [2.24, 2.45) is 12.9 Å². The third kappa shape index (κ3) is 1.94. The predicted molar refractivity (Wildman–Crippen MR) is 64.1 cm³/mol. The van der Waals surface area contributed by atoms with E-state index < -0.39 is 0 Å². The second kappa shape index (κ2) is 4.42. The molecule has 6 nitrogen and oxygen atoms in total. The molecule has 0 unspecified atom stereocenters. The molecule has 6 heteroatoms. The number of amides is 1. The van der Waals surface area contributed by atoms with E-state index in [1.54, 1.807) is 16.2 Å². The van der Waals surface area contributed by atoms with Crippen LogP contribution in [0, 0.1) is 0 Å². The molecule has 0 radical (unpaired) electrons. The van der Waals surface area contributed by atoms with Crippen LogP contribution in [0.1, 0.15) is 6.42 Å². The van der Waals surface area contributed by atoms with Crippen LogP contribution in [0.15, 0.2) is 29.1 Å². The lowest BCUT2D eigenvalue weighted by molar-refractivity contribution is -0.121. The minimum absolute atomic E-state index is 0.129. The molecule has 1 aromatic carbocycles. The molecule has 0 atom stereocenters. The summed E-state index contributed by atoms with van der Waals surface area (Å²) in [5.74, 6) is 4.71. The second-order valence-electron chi connectivity index (χ2n) is 3.80. The maximum absolute atomic E-state index is 12.0. The molecule has 0 saturated heterocycles. The molecule has 2 rings (SSSR count). The summed E-state index contributed by atoms with van der Waals surface area (Å²) < 4.78 is 3.14. The number of benzene rings is 1. The Morgan fingerprint density at radius 3 is 2.65 bits per heavy atom. The van der Waals surface area contributed by atoms with Crippen molar-refractivity contribution in [2.75, 3.05) is 0 Å². The summed E-state index contributed by atoms with van der Waals surface area (Å²) in [4.78, 5) is 23.0. The highest BCUT2D eigenvalue weighted by Gasteiger charge is 2.10. The Balaban J connectivity index is 2.43. The highest BCUT2D eigenvalue weighted by atomic mass is 16.2. The number of nitrogens with two attached hydrogens (primary N) is 1. The van der Waals surface area contributed by atoms with E-state index in [4.69, 9.17) is 5.84 Å². The number of rotatable bonds is 3. The number of nitrogens with zero attached hydrogens (tertiary/aromatic N) is 2. The van der Waals surface area contributed by atoms with Crippen LogP contribution < -0.4 is 17.0 Å². The summed E-state index contributed by atoms with van der Waals surface area (Å²) in [7, 11) is 1.71. The van der Waals surface area contributed by atoms with Crippen LogP contribution in [0.2, 0.25) is 0 Å². The van der Waals surface area contributed by atoms with Gasteiger partial charge in [0.25, 0.3) is 0 Å². The average Bonchev–Trinajstić information content (AvgIpc) is 2.60. The van der Waals surface area contributed by atoms with E-state index in [0.717, 1.165) is 11.0 Å². The molecule has 0 aliphatic carbocycles. The van der Waals surface area contributed by atoms with E-state index in [1.165, 1.54) is 0 Å². The van der Waals surface area contributed by atoms with Crippen LogP contribution in [-0.2, 0) is 18.4 Å². The molecule has 0 saturated carbocycles. The fourth-order valence-corrected chi connectivity index (χ4v) is 1.86. The SMILES string of the molecule is Cn1c(=O)n(CCC(=O)NN)c2ccccc21. The summed E-state index contributed by atoms with van der Waals surface area (Å²) in [5.41, 5.74) is 3.60. The lowest BCUT2D eigenvalue weighted by Gasteiger charge is -2.01. The van der Waals surface area contributed by atoms with E-state index in [-0.39, 0.29) is 18.0 Å². The highest BCUT2D eigenvalue weighted by Crippen LogP contribution is 2.11. The van der Waals surface area contributed by atoms with Crippen molar-refractivity contribution in [1.82, 2.24) is 14.6 Å². The maximum atomic E-state index is 12.0. The van der Waals surface area contributed by atoms with E-state index in [9.17, 15) is 9.59 Å². The molecule has 1 heterocycles. The molecule has 90 valence electrons. The number of nitrogens with one attached hydrogen (secondary N) is 1. The van der Waals surface area contributed by atoms with Gasteiger partial charge >= 0.3 is 5.69 Å². The number of para-hydroxylation sites is 2. The lowest BCUT2D eigenvalue weighted by Crippen LogP contribution is -2.32. The molecule has 1 aromatic heterocycles. The number of hydrogen-bond acceptors (Lipinski definition) is 3. The Morgan fingerprint density at radius 1 is 1.35 bits per heavy atom. The third-order valence-electron chi connectivity index (χ3n) is 2.78.